The van der Waals surface area contributed by atoms with Crippen molar-refractivity contribution in [1.29, 1.82) is 5.26 Å². The molecule has 0 atom stereocenters. The largest absolute Gasteiger partial charge is 0.268 e. The van der Waals surface area contributed by atoms with Gasteiger partial charge < -0.3 is 0 Å². The minimum atomic E-state index is -1.00. The highest BCUT2D eigenvalue weighted by molar-refractivity contribution is 6.33. The molecule has 27 heavy (non-hydrogen) atoms. The lowest BCUT2D eigenvalue weighted by Crippen LogP contribution is -2.21. The van der Waals surface area contributed by atoms with E-state index in [4.69, 9.17) is 16.9 Å². The first-order valence-corrected chi connectivity index (χ1v) is 7.89. The third-order valence-corrected chi connectivity index (χ3v) is 3.73. The van der Waals surface area contributed by atoms with Crippen LogP contribution in [0, 0.1) is 23.0 Å². The van der Waals surface area contributed by atoms with Crippen LogP contribution < -0.4 is 5.43 Å². The summed E-state index contributed by atoms with van der Waals surface area (Å²) in [5.41, 5.74) is 3.04. The second-order valence-electron chi connectivity index (χ2n) is 5.29. The quantitative estimate of drug-likeness (QED) is 0.696. The fourth-order valence-corrected chi connectivity index (χ4v) is 2.47. The molecule has 0 aliphatic rings. The molecule has 3 rings (SSSR count). The van der Waals surface area contributed by atoms with E-state index in [2.05, 4.69) is 15.5 Å². The Morgan fingerprint density at radius 3 is 2.56 bits per heavy atom. The number of benzene rings is 1. The van der Waals surface area contributed by atoms with E-state index in [0.29, 0.717) is 10.7 Å². The molecule has 0 fully saturated rings. The predicted octanol–water partition coefficient (Wildman–Crippen LogP) is 3.53. The zero-order valence-electron chi connectivity index (χ0n) is 13.5. The van der Waals surface area contributed by atoms with Crippen LogP contribution in [0.5, 0.6) is 0 Å². The number of nitriles is 1. The fraction of sp³-hybridized carbons (Fsp3) is 0. The summed E-state index contributed by atoms with van der Waals surface area (Å²) >= 11 is 6.12. The number of nitrogens with zero attached hydrogens (tertiary/aromatic N) is 4. The van der Waals surface area contributed by atoms with Gasteiger partial charge in [0.25, 0.3) is 5.91 Å². The van der Waals surface area contributed by atoms with Gasteiger partial charge in [0, 0.05) is 24.0 Å². The Morgan fingerprint density at radius 2 is 1.93 bits per heavy atom. The maximum absolute atomic E-state index is 13.6. The van der Waals surface area contributed by atoms with Crippen molar-refractivity contribution >= 4 is 23.6 Å². The summed E-state index contributed by atoms with van der Waals surface area (Å²) in [6, 6.07) is 6.77. The van der Waals surface area contributed by atoms with Crippen molar-refractivity contribution in [2.45, 2.75) is 0 Å². The zero-order chi connectivity index (χ0) is 19.4. The third kappa shape index (κ3) is 4.16. The van der Waals surface area contributed by atoms with Crippen molar-refractivity contribution in [2.24, 2.45) is 0 Å². The summed E-state index contributed by atoms with van der Waals surface area (Å²) in [7, 11) is 0. The van der Waals surface area contributed by atoms with E-state index in [1.54, 1.807) is 24.5 Å². The first-order valence-electron chi connectivity index (χ1n) is 7.51. The molecule has 0 bridgehead atoms. The van der Waals surface area contributed by atoms with Gasteiger partial charge in [0.2, 0.25) is 0 Å². The van der Waals surface area contributed by atoms with Crippen LogP contribution in [0.15, 0.2) is 48.9 Å². The molecule has 0 saturated heterocycles. The molecule has 0 aliphatic heterocycles. The van der Waals surface area contributed by atoms with Crippen LogP contribution in [-0.2, 0) is 4.79 Å². The molecule has 1 amide bonds. The average molecular weight is 386 g/mol. The Hall–Kier alpha value is -3.57. The Morgan fingerprint density at radius 1 is 1.26 bits per heavy atom. The highest BCUT2D eigenvalue weighted by Gasteiger charge is 2.11. The smallest absolute Gasteiger partial charge is 0.264 e. The van der Waals surface area contributed by atoms with Crippen LogP contribution in [-0.4, -0.2) is 20.8 Å². The van der Waals surface area contributed by atoms with Gasteiger partial charge in [-0.1, -0.05) is 11.6 Å². The van der Waals surface area contributed by atoms with Gasteiger partial charge in [-0.2, -0.15) is 15.2 Å². The highest BCUT2D eigenvalue weighted by atomic mass is 35.5. The Bertz CT molecular complexity index is 1050. The third-order valence-electron chi connectivity index (χ3n) is 3.45. The molecule has 0 spiro atoms. The van der Waals surface area contributed by atoms with Crippen LogP contribution in [0.2, 0.25) is 5.02 Å². The van der Waals surface area contributed by atoms with Gasteiger partial charge in [0.05, 0.1) is 11.2 Å². The van der Waals surface area contributed by atoms with Crippen molar-refractivity contribution in [3.8, 4) is 17.3 Å². The number of aromatic nitrogens is 3. The van der Waals surface area contributed by atoms with Gasteiger partial charge >= 0.3 is 0 Å². The van der Waals surface area contributed by atoms with E-state index in [-0.39, 0.29) is 5.56 Å². The molecule has 1 aromatic carbocycles. The van der Waals surface area contributed by atoms with Gasteiger partial charge in [0.15, 0.2) is 0 Å². The number of halogens is 3. The van der Waals surface area contributed by atoms with Crippen LogP contribution in [0.4, 0.5) is 8.78 Å². The van der Waals surface area contributed by atoms with Gasteiger partial charge in [-0.25, -0.2) is 14.2 Å². The first kappa shape index (κ1) is 18.2. The summed E-state index contributed by atoms with van der Waals surface area (Å²) in [6.07, 6.45) is 6.85. The number of carbonyl (C=O) groups is 1. The second kappa shape index (κ2) is 7.76. The van der Waals surface area contributed by atoms with Gasteiger partial charge in [-0.3, -0.25) is 9.78 Å². The molecule has 1 N–H and O–H groups in total. The van der Waals surface area contributed by atoms with Crippen LogP contribution >= 0.6 is 11.6 Å². The molecule has 6 nitrogen and oxygen atoms in total. The summed E-state index contributed by atoms with van der Waals surface area (Å²) in [6.45, 7) is 0. The van der Waals surface area contributed by atoms with Crippen LogP contribution in [0.1, 0.15) is 11.1 Å². The lowest BCUT2D eigenvalue weighted by atomic mass is 10.1. The fourth-order valence-electron chi connectivity index (χ4n) is 2.23. The maximum Gasteiger partial charge on any atom is 0.264 e. The highest BCUT2D eigenvalue weighted by Crippen LogP contribution is 2.25. The molecule has 134 valence electrons. The normalized spacial score (nSPS) is 10.7. The number of nitrogens with one attached hydrogen (secondary N) is 1. The molecule has 0 saturated carbocycles. The van der Waals surface area contributed by atoms with Crippen molar-refractivity contribution in [1.82, 2.24) is 14.9 Å². The van der Waals surface area contributed by atoms with Crippen LogP contribution in [0.25, 0.3) is 17.3 Å². The van der Waals surface area contributed by atoms with E-state index in [9.17, 15) is 13.6 Å². The number of carbonyl (C=O) groups excluding carboxylic acids is 1. The van der Waals surface area contributed by atoms with Crippen molar-refractivity contribution in [3.05, 3.63) is 76.7 Å². The number of hydrogen-bond donors (Lipinski definition) is 1. The molecular weight excluding hydrogens is 376 g/mol. The molecule has 2 aromatic heterocycles. The molecule has 3 aromatic rings. The summed E-state index contributed by atoms with van der Waals surface area (Å²) in [5.74, 6) is -2.60. The van der Waals surface area contributed by atoms with Gasteiger partial charge in [-0.05, 0) is 35.9 Å². The summed E-state index contributed by atoms with van der Waals surface area (Å²) in [4.78, 5) is 17.0. The molecule has 2 heterocycles. The topological polar surface area (TPSA) is 83.6 Å². The number of pyridine rings is 1. The first-order chi connectivity index (χ1) is 13.0. The summed E-state index contributed by atoms with van der Waals surface area (Å²) < 4.78 is 27.1. The van der Waals surface area contributed by atoms with Gasteiger partial charge in [0.1, 0.15) is 29.0 Å². The SMILES string of the molecule is N#Cc1c(F)cc(C=CC(=O)Nn2cc(Cl)c(-c3ccncc3)n2)cc1F. The van der Waals surface area contributed by atoms with E-state index in [1.165, 1.54) is 18.3 Å². The average Bonchev–Trinajstić information content (AvgIpc) is 3.00. The van der Waals surface area contributed by atoms with E-state index >= 15 is 0 Å². The number of amides is 1. The monoisotopic (exact) mass is 385 g/mol. The Labute approximate surface area is 157 Å². The molecule has 0 radical (unpaired) electrons. The minimum absolute atomic E-state index is 0.0927. The van der Waals surface area contributed by atoms with E-state index in [0.717, 1.165) is 28.6 Å². The molecule has 0 unspecified atom stereocenters. The summed E-state index contributed by atoms with van der Waals surface area (Å²) in [5, 5.41) is 13.1. The predicted molar refractivity (Wildman–Crippen MR) is 94.9 cm³/mol. The van der Waals surface area contributed by atoms with Crippen LogP contribution in [0.3, 0.4) is 0 Å². The minimum Gasteiger partial charge on any atom is -0.268 e. The van der Waals surface area contributed by atoms with E-state index < -0.39 is 23.1 Å². The lowest BCUT2D eigenvalue weighted by molar-refractivity contribution is -0.112. The lowest BCUT2D eigenvalue weighted by Gasteiger charge is -2.02. The molecule has 9 heteroatoms. The Kier molecular flexibility index (Phi) is 5.24. The van der Waals surface area contributed by atoms with E-state index in [1.807, 2.05) is 0 Å². The number of rotatable bonds is 4. The van der Waals surface area contributed by atoms with Crippen molar-refractivity contribution in [2.75, 3.05) is 5.43 Å². The molecular formula is C18H10ClF2N5O. The van der Waals surface area contributed by atoms with Gasteiger partial charge in [-0.15, -0.1) is 0 Å². The number of hydrogen-bond acceptors (Lipinski definition) is 4. The molecule has 0 aliphatic carbocycles. The standard InChI is InChI=1S/C18H10ClF2N5O/c19-14-10-26(25-18(14)12-3-5-23-6-4-12)24-17(27)2-1-11-7-15(20)13(9-22)16(21)8-11/h1-8,10H,(H,24,27). The zero-order valence-corrected chi connectivity index (χ0v) is 14.3. The maximum atomic E-state index is 13.6. The van der Waals surface area contributed by atoms with Crippen molar-refractivity contribution < 1.29 is 13.6 Å². The second-order valence-corrected chi connectivity index (χ2v) is 5.69. The Balaban J connectivity index is 1.73. The van der Waals surface area contributed by atoms with Crippen molar-refractivity contribution in [3.63, 3.8) is 0 Å².